The van der Waals surface area contributed by atoms with Crippen molar-refractivity contribution in [2.75, 3.05) is 20.6 Å². The zero-order chi connectivity index (χ0) is 10.3. The lowest BCUT2D eigenvalue weighted by Gasteiger charge is -2.35. The van der Waals surface area contributed by atoms with Crippen molar-refractivity contribution in [3.05, 3.63) is 23.3 Å². The van der Waals surface area contributed by atoms with Crippen LogP contribution in [0.1, 0.15) is 11.1 Å². The van der Waals surface area contributed by atoms with E-state index in [0.29, 0.717) is 0 Å². The Hall–Kier alpha value is -1.22. The molecule has 3 heteroatoms. The summed E-state index contributed by atoms with van der Waals surface area (Å²) in [5, 5.41) is 19.0. The predicted molar refractivity (Wildman–Crippen MR) is 54.2 cm³/mol. The fourth-order valence-electron chi connectivity index (χ4n) is 2.05. The van der Waals surface area contributed by atoms with Gasteiger partial charge < -0.3 is 14.7 Å². The van der Waals surface area contributed by atoms with Crippen LogP contribution in [0, 0.1) is 0 Å². The van der Waals surface area contributed by atoms with Crippen LogP contribution in [-0.4, -0.2) is 35.3 Å². The van der Waals surface area contributed by atoms with Crippen LogP contribution in [0.2, 0.25) is 0 Å². The van der Waals surface area contributed by atoms with Gasteiger partial charge in [0.25, 0.3) is 0 Å². The minimum absolute atomic E-state index is 0.00374. The molecule has 0 aromatic heterocycles. The van der Waals surface area contributed by atoms with Gasteiger partial charge in [-0.25, -0.2) is 0 Å². The Morgan fingerprint density at radius 2 is 1.93 bits per heavy atom. The Morgan fingerprint density at radius 3 is 2.64 bits per heavy atom. The highest BCUT2D eigenvalue weighted by atomic mass is 16.3. The summed E-state index contributed by atoms with van der Waals surface area (Å²) in [7, 11) is 4.35. The van der Waals surface area contributed by atoms with Gasteiger partial charge in [0.05, 0.1) is 20.6 Å². The molecule has 0 saturated heterocycles. The number of likely N-dealkylation sites (N-methyl/N-ethyl adjacent to an activating group) is 1. The number of nitrogens with zero attached hydrogens (tertiary/aromatic N) is 1. The van der Waals surface area contributed by atoms with Crippen LogP contribution in [0.15, 0.2) is 12.1 Å². The highest BCUT2D eigenvalue weighted by molar-refractivity contribution is 5.49. The molecule has 0 radical (unpaired) electrons. The first-order chi connectivity index (χ1) is 6.49. The number of hydrogen-bond acceptors (Lipinski definition) is 2. The highest BCUT2D eigenvalue weighted by Crippen LogP contribution is 2.35. The molecule has 2 rings (SSSR count). The highest BCUT2D eigenvalue weighted by Gasteiger charge is 2.26. The van der Waals surface area contributed by atoms with Crippen LogP contribution in [0.5, 0.6) is 11.5 Å². The predicted octanol–water partition coefficient (Wildman–Crippen LogP) is 1.23. The third-order valence-corrected chi connectivity index (χ3v) is 2.92. The number of phenolic OH excluding ortho intramolecular Hbond substituents is 2. The molecule has 1 aromatic carbocycles. The minimum atomic E-state index is -0.00374. The van der Waals surface area contributed by atoms with Crippen molar-refractivity contribution >= 4 is 0 Å². The molecule has 2 N–H and O–H groups in total. The van der Waals surface area contributed by atoms with Crippen molar-refractivity contribution in [2.45, 2.75) is 13.0 Å². The van der Waals surface area contributed by atoms with E-state index in [2.05, 4.69) is 14.1 Å². The minimum Gasteiger partial charge on any atom is -0.504 e. The van der Waals surface area contributed by atoms with Gasteiger partial charge in [-0.1, -0.05) is 0 Å². The first-order valence-corrected chi connectivity index (χ1v) is 4.84. The van der Waals surface area contributed by atoms with Crippen molar-refractivity contribution in [1.82, 2.24) is 0 Å². The fraction of sp³-hybridized carbons (Fsp3) is 0.455. The lowest BCUT2D eigenvalue weighted by molar-refractivity contribution is -0.905. The van der Waals surface area contributed by atoms with Crippen LogP contribution >= 0.6 is 0 Å². The molecule has 0 spiro atoms. The van der Waals surface area contributed by atoms with Crippen molar-refractivity contribution in [3.63, 3.8) is 0 Å². The van der Waals surface area contributed by atoms with Gasteiger partial charge in [-0.15, -0.1) is 0 Å². The molecule has 0 bridgehead atoms. The number of hydrogen-bond donors (Lipinski definition) is 2. The van der Waals surface area contributed by atoms with E-state index in [1.807, 2.05) is 6.07 Å². The van der Waals surface area contributed by atoms with Crippen LogP contribution in [-0.2, 0) is 13.0 Å². The first kappa shape index (κ1) is 9.34. The maximum Gasteiger partial charge on any atom is 0.161 e. The van der Waals surface area contributed by atoms with Crippen LogP contribution in [0.3, 0.4) is 0 Å². The standard InChI is InChI=1S/C11H15NO2/c1-12(2)6-5-9-8(7-12)3-4-10(13)11(9)14/h3-4H,5-7H2,1-2H3,(H-,13,14)/p+1. The maximum atomic E-state index is 9.66. The summed E-state index contributed by atoms with van der Waals surface area (Å²) in [5.74, 6) is 0.0677. The van der Waals surface area contributed by atoms with E-state index in [9.17, 15) is 10.2 Å². The molecule has 1 aliphatic heterocycles. The molecule has 3 nitrogen and oxygen atoms in total. The van der Waals surface area contributed by atoms with E-state index < -0.39 is 0 Å². The van der Waals surface area contributed by atoms with Crippen LogP contribution in [0.25, 0.3) is 0 Å². The zero-order valence-electron chi connectivity index (χ0n) is 8.62. The molecule has 0 aliphatic carbocycles. The second-order valence-electron chi connectivity index (χ2n) is 4.64. The van der Waals surface area contributed by atoms with Crippen molar-refractivity contribution in [2.24, 2.45) is 0 Å². The molecule has 1 heterocycles. The number of quaternary nitrogens is 1. The summed E-state index contributed by atoms with van der Waals surface area (Å²) >= 11 is 0. The summed E-state index contributed by atoms with van der Waals surface area (Å²) in [6, 6.07) is 3.48. The monoisotopic (exact) mass is 194 g/mol. The van der Waals surface area contributed by atoms with E-state index in [1.54, 1.807) is 6.07 Å². The van der Waals surface area contributed by atoms with Gasteiger partial charge >= 0.3 is 0 Å². The average Bonchev–Trinajstić information content (AvgIpc) is 2.10. The normalized spacial score (nSPS) is 19.0. The molecule has 1 aliphatic rings. The van der Waals surface area contributed by atoms with Crippen LogP contribution in [0.4, 0.5) is 0 Å². The number of aromatic hydroxyl groups is 2. The molecule has 0 saturated carbocycles. The van der Waals surface area contributed by atoms with E-state index in [-0.39, 0.29) is 11.5 Å². The zero-order valence-corrected chi connectivity index (χ0v) is 8.62. The summed E-state index contributed by atoms with van der Waals surface area (Å²) < 4.78 is 0.942. The van der Waals surface area contributed by atoms with Gasteiger partial charge in [0.2, 0.25) is 0 Å². The Kier molecular flexibility index (Phi) is 1.93. The first-order valence-electron chi connectivity index (χ1n) is 4.84. The van der Waals surface area contributed by atoms with Gasteiger partial charge in [0.1, 0.15) is 6.54 Å². The van der Waals surface area contributed by atoms with Gasteiger partial charge in [-0.05, 0) is 12.1 Å². The summed E-state index contributed by atoms with van der Waals surface area (Å²) in [6.45, 7) is 1.92. The summed E-state index contributed by atoms with van der Waals surface area (Å²) in [6.07, 6.45) is 0.836. The topological polar surface area (TPSA) is 40.5 Å². The molecule has 0 amide bonds. The van der Waals surface area contributed by atoms with E-state index in [0.717, 1.165) is 35.1 Å². The molecule has 0 unspecified atom stereocenters. The molecule has 76 valence electrons. The Bertz CT molecular complexity index is 372. The van der Waals surface area contributed by atoms with Crippen molar-refractivity contribution in [3.8, 4) is 11.5 Å². The van der Waals surface area contributed by atoms with E-state index in [1.165, 1.54) is 0 Å². The Balaban J connectivity index is 2.46. The number of benzene rings is 1. The molecular weight excluding hydrogens is 178 g/mol. The Morgan fingerprint density at radius 1 is 1.21 bits per heavy atom. The molecule has 1 aromatic rings. The van der Waals surface area contributed by atoms with Gasteiger partial charge in [0, 0.05) is 17.5 Å². The van der Waals surface area contributed by atoms with Gasteiger partial charge in [0.15, 0.2) is 11.5 Å². The largest absolute Gasteiger partial charge is 0.504 e. The van der Waals surface area contributed by atoms with E-state index in [4.69, 9.17) is 0 Å². The van der Waals surface area contributed by atoms with Crippen LogP contribution < -0.4 is 0 Å². The molecule has 0 fully saturated rings. The number of fused-ring (bicyclic) bond motifs is 1. The van der Waals surface area contributed by atoms with Gasteiger partial charge in [-0.3, -0.25) is 0 Å². The number of phenols is 2. The smallest absolute Gasteiger partial charge is 0.161 e. The Labute approximate surface area is 83.8 Å². The third-order valence-electron chi connectivity index (χ3n) is 2.92. The molecule has 0 atom stereocenters. The van der Waals surface area contributed by atoms with Crippen molar-refractivity contribution < 1.29 is 14.7 Å². The maximum absolute atomic E-state index is 9.66. The second-order valence-corrected chi connectivity index (χ2v) is 4.64. The lowest BCUT2D eigenvalue weighted by Crippen LogP contribution is -2.43. The third kappa shape index (κ3) is 1.44. The van der Waals surface area contributed by atoms with Crippen molar-refractivity contribution in [1.29, 1.82) is 0 Å². The van der Waals surface area contributed by atoms with E-state index >= 15 is 0 Å². The number of rotatable bonds is 0. The molecular formula is C11H16NO2+. The second kappa shape index (κ2) is 2.89. The quantitative estimate of drug-likeness (QED) is 0.481. The summed E-state index contributed by atoms with van der Waals surface area (Å²) in [4.78, 5) is 0. The van der Waals surface area contributed by atoms with Gasteiger partial charge in [-0.2, -0.15) is 0 Å². The SMILES string of the molecule is C[N+]1(C)CCc2c(ccc(O)c2O)C1. The average molecular weight is 194 g/mol. The summed E-state index contributed by atoms with van der Waals surface area (Å²) in [5.41, 5.74) is 2.07. The lowest BCUT2D eigenvalue weighted by atomic mass is 9.97. The molecule has 14 heavy (non-hydrogen) atoms. The fourth-order valence-corrected chi connectivity index (χ4v) is 2.05.